The number of aryl methyl sites for hydroxylation is 2. The molecule has 0 saturated heterocycles. The van der Waals surface area contributed by atoms with Gasteiger partial charge in [0, 0.05) is 5.39 Å². The van der Waals surface area contributed by atoms with E-state index in [0.29, 0.717) is 29.7 Å². The molecule has 1 saturated carbocycles. The van der Waals surface area contributed by atoms with E-state index >= 15 is 4.39 Å². The summed E-state index contributed by atoms with van der Waals surface area (Å²) < 4.78 is 56.9. The number of rotatable bonds is 9. The van der Waals surface area contributed by atoms with E-state index in [0.717, 1.165) is 16.9 Å². The van der Waals surface area contributed by atoms with Crippen LogP contribution < -0.4 is 4.74 Å². The van der Waals surface area contributed by atoms with Crippen molar-refractivity contribution in [1.29, 1.82) is 0 Å². The summed E-state index contributed by atoms with van der Waals surface area (Å²) in [7, 11) is 0. The Kier molecular flexibility index (Phi) is 8.71. The largest absolute Gasteiger partial charge is 0.484 e. The van der Waals surface area contributed by atoms with Crippen LogP contribution in [0.3, 0.4) is 0 Å². The molecule has 0 unspecified atom stereocenters. The number of benzene rings is 3. The third-order valence-corrected chi connectivity index (χ3v) is 7.36. The fourth-order valence-electron chi connectivity index (χ4n) is 5.28. The molecular weight excluding hydrogens is 464 g/mol. The van der Waals surface area contributed by atoms with Crippen molar-refractivity contribution in [3.63, 3.8) is 0 Å². The number of hydrogen-bond donors (Lipinski definition) is 0. The number of fused-ring (bicyclic) bond motifs is 1. The maximum Gasteiger partial charge on any atom is 0.422 e. The Morgan fingerprint density at radius 3 is 2.36 bits per heavy atom. The molecule has 0 heterocycles. The van der Waals surface area contributed by atoms with Gasteiger partial charge in [0.2, 0.25) is 0 Å². The minimum absolute atomic E-state index is 0.172. The number of ether oxygens (including phenoxy) is 1. The second-order valence-electron chi connectivity index (χ2n) is 9.93. The quantitative estimate of drug-likeness (QED) is 0.211. The van der Waals surface area contributed by atoms with Crippen molar-refractivity contribution < 1.29 is 22.3 Å². The van der Waals surface area contributed by atoms with E-state index in [9.17, 15) is 13.2 Å². The molecule has 1 aliphatic carbocycles. The van der Waals surface area contributed by atoms with Crippen molar-refractivity contribution in [2.45, 2.75) is 70.4 Å². The molecule has 1 fully saturated rings. The van der Waals surface area contributed by atoms with Gasteiger partial charge < -0.3 is 4.74 Å². The molecule has 0 atom stereocenters. The molecule has 0 aromatic heterocycles. The summed E-state index contributed by atoms with van der Waals surface area (Å²) in [5, 5.41) is 1.59. The third kappa shape index (κ3) is 7.11. The Labute approximate surface area is 211 Å². The molecule has 0 radical (unpaired) electrons. The molecular formula is C31H34F4O. The number of hydrogen-bond acceptors (Lipinski definition) is 1. The van der Waals surface area contributed by atoms with E-state index in [2.05, 4.69) is 31.2 Å². The first-order valence-corrected chi connectivity index (χ1v) is 12.9. The summed E-state index contributed by atoms with van der Waals surface area (Å²) >= 11 is 0. The minimum atomic E-state index is -4.36. The SMILES string of the molecule is C/C=C/CCC1CCC(c2ccc3c(F)c(CCc4ccc(OCC(F)(F)F)cc4)ccc3c2)CC1. The normalized spacial score (nSPS) is 18.7. The molecule has 192 valence electrons. The Bertz CT molecular complexity index is 1160. The van der Waals surface area contributed by atoms with Crippen molar-refractivity contribution >= 4 is 10.8 Å². The molecule has 1 aliphatic rings. The zero-order valence-electron chi connectivity index (χ0n) is 20.8. The molecule has 1 nitrogen and oxygen atoms in total. The maximum absolute atomic E-state index is 15.3. The van der Waals surface area contributed by atoms with Crippen LogP contribution >= 0.6 is 0 Å². The van der Waals surface area contributed by atoms with Gasteiger partial charge in [-0.25, -0.2) is 4.39 Å². The second kappa shape index (κ2) is 11.9. The summed E-state index contributed by atoms with van der Waals surface area (Å²) in [6, 6.07) is 16.6. The van der Waals surface area contributed by atoms with Crippen LogP contribution in [0.15, 0.2) is 66.7 Å². The molecule has 36 heavy (non-hydrogen) atoms. The second-order valence-corrected chi connectivity index (χ2v) is 9.93. The first kappa shape index (κ1) is 26.2. The topological polar surface area (TPSA) is 9.23 Å². The van der Waals surface area contributed by atoms with E-state index in [1.807, 2.05) is 18.2 Å². The molecule has 5 heteroatoms. The Morgan fingerprint density at radius 2 is 1.67 bits per heavy atom. The van der Waals surface area contributed by atoms with E-state index < -0.39 is 12.8 Å². The first-order valence-electron chi connectivity index (χ1n) is 12.9. The Morgan fingerprint density at radius 1 is 0.917 bits per heavy atom. The summed E-state index contributed by atoms with van der Waals surface area (Å²) in [6.07, 6.45) is 8.52. The highest BCUT2D eigenvalue weighted by Gasteiger charge is 2.28. The standard InChI is InChI=1S/C31H34F4O/c1-2-3-4-5-22-6-11-24(12-7-22)26-16-19-29-27(20-26)15-14-25(30(29)32)13-8-23-9-17-28(18-10-23)36-21-31(33,34)35/h2-3,9-10,14-20,22,24H,4-8,11-13,21H2,1H3/b3-2+. The highest BCUT2D eigenvalue weighted by atomic mass is 19.4. The van der Waals surface area contributed by atoms with Crippen LogP contribution in [0.25, 0.3) is 10.8 Å². The van der Waals surface area contributed by atoms with Crippen LogP contribution in [0.4, 0.5) is 17.6 Å². The van der Waals surface area contributed by atoms with Crippen LogP contribution in [0.5, 0.6) is 5.75 Å². The van der Waals surface area contributed by atoms with Gasteiger partial charge in [-0.3, -0.25) is 0 Å². The predicted molar refractivity (Wildman–Crippen MR) is 138 cm³/mol. The van der Waals surface area contributed by atoms with Crippen LogP contribution in [-0.2, 0) is 12.8 Å². The van der Waals surface area contributed by atoms with Gasteiger partial charge in [-0.1, -0.05) is 54.6 Å². The zero-order chi connectivity index (χ0) is 25.5. The van der Waals surface area contributed by atoms with Crippen molar-refractivity contribution in [3.05, 3.63) is 89.3 Å². The Hall–Kier alpha value is -2.82. The molecule has 0 aliphatic heterocycles. The summed E-state index contributed by atoms with van der Waals surface area (Å²) in [4.78, 5) is 0. The van der Waals surface area contributed by atoms with Crippen LogP contribution in [0, 0.1) is 11.7 Å². The van der Waals surface area contributed by atoms with Crippen molar-refractivity contribution in [1.82, 2.24) is 0 Å². The predicted octanol–water partition coefficient (Wildman–Crippen LogP) is 9.34. The Balaban J connectivity index is 1.35. The van der Waals surface area contributed by atoms with Gasteiger partial charge in [0.1, 0.15) is 11.6 Å². The number of alkyl halides is 3. The molecule has 4 rings (SSSR count). The van der Waals surface area contributed by atoms with Gasteiger partial charge in [0.25, 0.3) is 0 Å². The molecule has 0 amide bonds. The van der Waals surface area contributed by atoms with E-state index in [1.54, 1.807) is 12.1 Å². The van der Waals surface area contributed by atoms with Crippen molar-refractivity contribution in [2.75, 3.05) is 6.61 Å². The monoisotopic (exact) mass is 498 g/mol. The molecule has 3 aromatic rings. The fraction of sp³-hybridized carbons (Fsp3) is 0.419. The molecule has 3 aromatic carbocycles. The molecule has 0 bridgehead atoms. The lowest BCUT2D eigenvalue weighted by molar-refractivity contribution is -0.153. The van der Waals surface area contributed by atoms with Crippen molar-refractivity contribution in [3.8, 4) is 5.75 Å². The average Bonchev–Trinajstić information content (AvgIpc) is 2.88. The van der Waals surface area contributed by atoms with E-state index in [-0.39, 0.29) is 11.6 Å². The maximum atomic E-state index is 15.3. The highest BCUT2D eigenvalue weighted by Crippen LogP contribution is 2.38. The lowest BCUT2D eigenvalue weighted by atomic mass is 9.77. The summed E-state index contributed by atoms with van der Waals surface area (Å²) in [5.74, 6) is 1.36. The van der Waals surface area contributed by atoms with Crippen LogP contribution in [0.2, 0.25) is 0 Å². The van der Waals surface area contributed by atoms with Gasteiger partial charge >= 0.3 is 6.18 Å². The van der Waals surface area contributed by atoms with Crippen LogP contribution in [-0.4, -0.2) is 12.8 Å². The van der Waals surface area contributed by atoms with E-state index in [1.165, 1.54) is 56.2 Å². The van der Waals surface area contributed by atoms with Crippen LogP contribution in [0.1, 0.15) is 68.1 Å². The lowest BCUT2D eigenvalue weighted by Crippen LogP contribution is -2.19. The zero-order valence-corrected chi connectivity index (χ0v) is 20.8. The highest BCUT2D eigenvalue weighted by molar-refractivity contribution is 5.84. The smallest absolute Gasteiger partial charge is 0.422 e. The van der Waals surface area contributed by atoms with E-state index in [4.69, 9.17) is 4.74 Å². The minimum Gasteiger partial charge on any atom is -0.484 e. The first-order chi connectivity index (χ1) is 17.3. The van der Waals surface area contributed by atoms with Crippen molar-refractivity contribution in [2.24, 2.45) is 5.92 Å². The molecule has 0 spiro atoms. The van der Waals surface area contributed by atoms with Gasteiger partial charge in [-0.15, -0.1) is 0 Å². The number of allylic oxidation sites excluding steroid dienone is 2. The van der Waals surface area contributed by atoms with Gasteiger partial charge in [-0.05, 0) is 104 Å². The average molecular weight is 499 g/mol. The summed E-state index contributed by atoms with van der Waals surface area (Å²) in [5.41, 5.74) is 2.88. The van der Waals surface area contributed by atoms with Gasteiger partial charge in [-0.2, -0.15) is 13.2 Å². The van der Waals surface area contributed by atoms with Gasteiger partial charge in [0.15, 0.2) is 6.61 Å². The fourth-order valence-corrected chi connectivity index (χ4v) is 5.28. The molecule has 0 N–H and O–H groups in total. The number of halogens is 4. The summed E-state index contributed by atoms with van der Waals surface area (Å²) in [6.45, 7) is 0.763. The van der Waals surface area contributed by atoms with Gasteiger partial charge in [0.05, 0.1) is 0 Å². The lowest BCUT2D eigenvalue weighted by Gasteiger charge is -2.29. The third-order valence-electron chi connectivity index (χ3n) is 7.36.